The largest absolute Gasteiger partial charge is 0.393 e. The van der Waals surface area contributed by atoms with E-state index in [-0.39, 0.29) is 13.0 Å². The van der Waals surface area contributed by atoms with Crippen molar-refractivity contribution in [1.29, 1.82) is 0 Å². The van der Waals surface area contributed by atoms with Crippen molar-refractivity contribution in [2.75, 3.05) is 18.0 Å². The van der Waals surface area contributed by atoms with Gasteiger partial charge in [0, 0.05) is 13.1 Å². The van der Waals surface area contributed by atoms with Crippen LogP contribution in [0.5, 0.6) is 0 Å². The summed E-state index contributed by atoms with van der Waals surface area (Å²) in [6, 6.07) is 10.8. The molecule has 1 atom stereocenters. The number of fused-ring (bicyclic) bond motifs is 1. The molecule has 8 heteroatoms. The third-order valence-electron chi connectivity index (χ3n) is 5.06. The lowest BCUT2D eigenvalue weighted by molar-refractivity contribution is -0.176. The number of alkyl halides is 3. The molecule has 4 rings (SSSR count). The Kier molecular flexibility index (Phi) is 5.10. The van der Waals surface area contributed by atoms with Gasteiger partial charge in [-0.3, -0.25) is 0 Å². The molecule has 0 aliphatic carbocycles. The first-order chi connectivity index (χ1) is 13.3. The summed E-state index contributed by atoms with van der Waals surface area (Å²) in [6.07, 6.45) is -2.21. The van der Waals surface area contributed by atoms with E-state index >= 15 is 0 Å². The number of hydrogen-bond acceptors (Lipinski definition) is 3. The molecule has 0 spiro atoms. The Hall–Kier alpha value is -2.05. The Bertz CT molecular complexity index is 1020. The van der Waals surface area contributed by atoms with Crippen molar-refractivity contribution in [2.45, 2.75) is 19.0 Å². The van der Waals surface area contributed by atoms with Gasteiger partial charge in [-0.25, -0.2) is 9.97 Å². The molecule has 1 saturated heterocycles. The standard InChI is InChI=1S/C20H16Cl2F3N3/c21-15-7-6-12(9-16(15)22)14-4-1-5-17-18(14)19(27-11-26-17)28-8-2-3-13(10-28)20(23,24)25/h1,4-7,9,11,13H,2-3,8,10H2/t13-/m0/s1. The minimum atomic E-state index is -4.21. The van der Waals surface area contributed by atoms with Crippen molar-refractivity contribution < 1.29 is 13.2 Å². The lowest BCUT2D eigenvalue weighted by atomic mass is 9.96. The molecule has 1 aliphatic rings. The van der Waals surface area contributed by atoms with Crippen LogP contribution in [0.3, 0.4) is 0 Å². The second-order valence-corrected chi connectivity index (χ2v) is 7.67. The van der Waals surface area contributed by atoms with E-state index in [9.17, 15) is 13.2 Å². The topological polar surface area (TPSA) is 29.0 Å². The number of aromatic nitrogens is 2. The van der Waals surface area contributed by atoms with E-state index in [4.69, 9.17) is 23.2 Å². The maximum atomic E-state index is 13.3. The van der Waals surface area contributed by atoms with Crippen LogP contribution in [-0.2, 0) is 0 Å². The molecule has 1 aliphatic heterocycles. The van der Waals surface area contributed by atoms with Gasteiger partial charge in [0.2, 0.25) is 0 Å². The first-order valence-electron chi connectivity index (χ1n) is 8.85. The van der Waals surface area contributed by atoms with Crippen molar-refractivity contribution in [1.82, 2.24) is 9.97 Å². The minimum absolute atomic E-state index is 0.106. The molecular formula is C20H16Cl2F3N3. The molecule has 0 saturated carbocycles. The van der Waals surface area contributed by atoms with E-state index in [1.165, 1.54) is 6.33 Å². The van der Waals surface area contributed by atoms with E-state index in [1.54, 1.807) is 17.0 Å². The van der Waals surface area contributed by atoms with E-state index in [1.807, 2.05) is 24.3 Å². The van der Waals surface area contributed by atoms with E-state index in [0.29, 0.717) is 39.7 Å². The molecule has 2 aromatic carbocycles. The molecule has 0 radical (unpaired) electrons. The molecule has 0 N–H and O–H groups in total. The summed E-state index contributed by atoms with van der Waals surface area (Å²) in [4.78, 5) is 10.4. The van der Waals surface area contributed by atoms with Gasteiger partial charge < -0.3 is 4.90 Å². The average molecular weight is 426 g/mol. The molecule has 28 heavy (non-hydrogen) atoms. The Labute approximate surface area is 170 Å². The van der Waals surface area contributed by atoms with Gasteiger partial charge in [-0.2, -0.15) is 13.2 Å². The predicted molar refractivity (Wildman–Crippen MR) is 106 cm³/mol. The highest BCUT2D eigenvalue weighted by Crippen LogP contribution is 2.39. The van der Waals surface area contributed by atoms with Crippen molar-refractivity contribution in [3.05, 3.63) is 52.8 Å². The Morgan fingerprint density at radius 2 is 1.86 bits per heavy atom. The van der Waals surface area contributed by atoms with Gasteiger partial charge in [0.25, 0.3) is 0 Å². The van der Waals surface area contributed by atoms with Gasteiger partial charge in [0.15, 0.2) is 0 Å². The monoisotopic (exact) mass is 425 g/mol. The molecule has 1 aromatic heterocycles. The van der Waals surface area contributed by atoms with Crippen LogP contribution in [0, 0.1) is 5.92 Å². The first kappa shape index (κ1) is 19.3. The van der Waals surface area contributed by atoms with Crippen LogP contribution >= 0.6 is 23.2 Å². The van der Waals surface area contributed by atoms with Gasteiger partial charge in [-0.15, -0.1) is 0 Å². The van der Waals surface area contributed by atoms with Gasteiger partial charge in [0.05, 0.1) is 26.9 Å². The van der Waals surface area contributed by atoms with Gasteiger partial charge >= 0.3 is 6.18 Å². The quantitative estimate of drug-likeness (QED) is 0.476. The number of nitrogens with zero attached hydrogens (tertiary/aromatic N) is 3. The summed E-state index contributed by atoms with van der Waals surface area (Å²) in [5.74, 6) is -0.843. The van der Waals surface area contributed by atoms with E-state index in [2.05, 4.69) is 9.97 Å². The highest BCUT2D eigenvalue weighted by Gasteiger charge is 2.42. The third-order valence-corrected chi connectivity index (χ3v) is 5.80. The molecule has 0 unspecified atom stereocenters. The molecular weight excluding hydrogens is 410 g/mol. The lowest BCUT2D eigenvalue weighted by Gasteiger charge is -2.35. The minimum Gasteiger partial charge on any atom is -0.355 e. The number of halogens is 5. The zero-order valence-corrected chi connectivity index (χ0v) is 16.2. The first-order valence-corrected chi connectivity index (χ1v) is 9.61. The average Bonchev–Trinajstić information content (AvgIpc) is 2.68. The molecule has 3 nitrogen and oxygen atoms in total. The second-order valence-electron chi connectivity index (χ2n) is 6.85. The van der Waals surface area contributed by atoms with Crippen LogP contribution in [0.1, 0.15) is 12.8 Å². The van der Waals surface area contributed by atoms with Gasteiger partial charge in [0.1, 0.15) is 12.1 Å². The van der Waals surface area contributed by atoms with Crippen molar-refractivity contribution >= 4 is 39.9 Å². The van der Waals surface area contributed by atoms with Crippen molar-refractivity contribution in [2.24, 2.45) is 5.92 Å². The Morgan fingerprint density at radius 1 is 1.04 bits per heavy atom. The van der Waals surface area contributed by atoms with Crippen LogP contribution in [-0.4, -0.2) is 29.2 Å². The summed E-state index contributed by atoms with van der Waals surface area (Å²) in [6.45, 7) is 0.416. The molecule has 2 heterocycles. The number of hydrogen-bond donors (Lipinski definition) is 0. The highest BCUT2D eigenvalue weighted by molar-refractivity contribution is 6.42. The number of piperidine rings is 1. The van der Waals surface area contributed by atoms with E-state index < -0.39 is 12.1 Å². The summed E-state index contributed by atoms with van der Waals surface area (Å²) >= 11 is 12.2. The predicted octanol–water partition coefficient (Wildman–Crippen LogP) is 6.38. The fraction of sp³-hybridized carbons (Fsp3) is 0.300. The molecule has 0 bridgehead atoms. The van der Waals surface area contributed by atoms with Crippen LogP contribution in [0.25, 0.3) is 22.0 Å². The highest BCUT2D eigenvalue weighted by atomic mass is 35.5. The van der Waals surface area contributed by atoms with Crippen LogP contribution in [0.2, 0.25) is 10.0 Å². The summed E-state index contributed by atoms with van der Waals surface area (Å²) in [7, 11) is 0. The SMILES string of the molecule is FC(F)(F)[C@H]1CCCN(c2ncnc3cccc(-c4ccc(Cl)c(Cl)c4)c23)C1. The summed E-state index contributed by atoms with van der Waals surface area (Å²) in [5.41, 5.74) is 2.28. The molecule has 0 amide bonds. The Morgan fingerprint density at radius 3 is 2.61 bits per heavy atom. The van der Waals surface area contributed by atoms with Gasteiger partial charge in [-0.05, 0) is 42.2 Å². The number of benzene rings is 2. The van der Waals surface area contributed by atoms with Gasteiger partial charge in [-0.1, -0.05) is 41.4 Å². The van der Waals surface area contributed by atoms with Crippen LogP contribution in [0.4, 0.5) is 19.0 Å². The maximum absolute atomic E-state index is 13.3. The number of rotatable bonds is 2. The van der Waals surface area contributed by atoms with E-state index in [0.717, 1.165) is 11.1 Å². The van der Waals surface area contributed by atoms with Crippen molar-refractivity contribution in [3.8, 4) is 11.1 Å². The third kappa shape index (κ3) is 3.63. The second kappa shape index (κ2) is 7.41. The molecule has 1 fully saturated rings. The zero-order chi connectivity index (χ0) is 19.9. The maximum Gasteiger partial charge on any atom is 0.393 e. The fourth-order valence-corrected chi connectivity index (χ4v) is 3.97. The molecule has 146 valence electrons. The smallest absolute Gasteiger partial charge is 0.355 e. The Balaban J connectivity index is 1.84. The summed E-state index contributed by atoms with van der Waals surface area (Å²) < 4.78 is 39.9. The molecule has 3 aromatic rings. The fourth-order valence-electron chi connectivity index (χ4n) is 3.67. The lowest BCUT2D eigenvalue weighted by Crippen LogP contribution is -2.42. The van der Waals surface area contributed by atoms with Crippen molar-refractivity contribution in [3.63, 3.8) is 0 Å². The van der Waals surface area contributed by atoms with Crippen LogP contribution in [0.15, 0.2) is 42.7 Å². The van der Waals surface area contributed by atoms with Crippen LogP contribution < -0.4 is 4.90 Å². The normalized spacial score (nSPS) is 17.9. The number of anilines is 1. The summed E-state index contributed by atoms with van der Waals surface area (Å²) in [5, 5.41) is 1.56. The zero-order valence-electron chi connectivity index (χ0n) is 14.7.